The van der Waals surface area contributed by atoms with Crippen molar-refractivity contribution in [1.29, 1.82) is 0 Å². The number of hydrogen-bond donors (Lipinski definition) is 1. The number of primary amides is 1. The maximum Gasteiger partial charge on any atom is 0.416 e. The average Bonchev–Trinajstić information content (AvgIpc) is 3.09. The number of alkyl halides is 3. The summed E-state index contributed by atoms with van der Waals surface area (Å²) in [7, 11) is 0. The summed E-state index contributed by atoms with van der Waals surface area (Å²) in [5.41, 5.74) is 7.50. The van der Waals surface area contributed by atoms with Crippen LogP contribution in [0.4, 0.5) is 13.2 Å². The largest absolute Gasteiger partial charge is 0.416 e. The van der Waals surface area contributed by atoms with E-state index < -0.39 is 17.6 Å². The van der Waals surface area contributed by atoms with Crippen LogP contribution in [0.1, 0.15) is 27.3 Å². The number of halogens is 4. The monoisotopic (exact) mass is 474 g/mol. The smallest absolute Gasteiger partial charge is 0.363 e. The van der Waals surface area contributed by atoms with Crippen molar-refractivity contribution in [3.8, 4) is 5.69 Å². The van der Waals surface area contributed by atoms with Gasteiger partial charge in [-0.05, 0) is 69.9 Å². The van der Waals surface area contributed by atoms with E-state index in [0.29, 0.717) is 12.1 Å². The molecule has 152 valence electrons. The molecule has 2 N–H and O–H groups in total. The van der Waals surface area contributed by atoms with E-state index >= 15 is 0 Å². The van der Waals surface area contributed by atoms with Gasteiger partial charge in [0.2, 0.25) is 5.82 Å². The van der Waals surface area contributed by atoms with Gasteiger partial charge in [-0.2, -0.15) is 13.2 Å². The third-order valence-corrected chi connectivity index (χ3v) is 5.22. The van der Waals surface area contributed by atoms with E-state index in [0.717, 1.165) is 23.3 Å². The highest BCUT2D eigenvalue weighted by atomic mass is 79.9. The van der Waals surface area contributed by atoms with Gasteiger partial charge in [0.05, 0.1) is 11.1 Å². The SMILES string of the molecule is NC(=O)c1nc2c(Br)cc(C(F)(F)F)cc2n1-c1ccc(Cc2ccncc2)cc1. The lowest BCUT2D eigenvalue weighted by Crippen LogP contribution is -2.17. The molecule has 0 bridgehead atoms. The molecule has 2 heterocycles. The Morgan fingerprint density at radius 2 is 1.67 bits per heavy atom. The lowest BCUT2D eigenvalue weighted by atomic mass is 10.1. The van der Waals surface area contributed by atoms with Crippen molar-refractivity contribution in [3.05, 3.63) is 87.9 Å². The molecule has 0 aliphatic rings. The van der Waals surface area contributed by atoms with Crippen LogP contribution in [-0.4, -0.2) is 20.4 Å². The summed E-state index contributed by atoms with van der Waals surface area (Å²) >= 11 is 3.12. The number of nitrogens with zero attached hydrogens (tertiary/aromatic N) is 3. The first-order chi connectivity index (χ1) is 14.2. The zero-order valence-corrected chi connectivity index (χ0v) is 16.9. The van der Waals surface area contributed by atoms with Crippen LogP contribution in [0, 0.1) is 0 Å². The fourth-order valence-corrected chi connectivity index (χ4v) is 3.76. The Bertz CT molecular complexity index is 1240. The Morgan fingerprint density at radius 1 is 1.03 bits per heavy atom. The second-order valence-corrected chi connectivity index (χ2v) is 7.51. The highest BCUT2D eigenvalue weighted by Crippen LogP contribution is 2.36. The van der Waals surface area contributed by atoms with Crippen molar-refractivity contribution >= 4 is 32.9 Å². The number of hydrogen-bond acceptors (Lipinski definition) is 3. The van der Waals surface area contributed by atoms with Gasteiger partial charge in [-0.1, -0.05) is 12.1 Å². The van der Waals surface area contributed by atoms with Crippen molar-refractivity contribution in [3.63, 3.8) is 0 Å². The van der Waals surface area contributed by atoms with Crippen molar-refractivity contribution in [2.75, 3.05) is 0 Å². The number of carbonyl (C=O) groups excluding carboxylic acids is 1. The predicted octanol–water partition coefficient (Wildman–Crippen LogP) is 4.89. The predicted molar refractivity (Wildman–Crippen MR) is 109 cm³/mol. The first-order valence-electron chi connectivity index (χ1n) is 8.81. The molecule has 0 fully saturated rings. The maximum atomic E-state index is 13.3. The van der Waals surface area contributed by atoms with Gasteiger partial charge in [-0.15, -0.1) is 0 Å². The molecule has 2 aromatic heterocycles. The van der Waals surface area contributed by atoms with Crippen LogP contribution in [0.2, 0.25) is 0 Å². The number of rotatable bonds is 4. The molecule has 0 saturated heterocycles. The standard InChI is InChI=1S/C21H14BrF3N4O/c22-16-10-14(21(23,24)25)11-17-18(16)28-20(19(26)30)29(17)15-3-1-12(2-4-15)9-13-5-7-27-8-6-13/h1-8,10-11H,9H2,(H2,26,30). The maximum absolute atomic E-state index is 13.3. The van der Waals surface area contributed by atoms with Crippen molar-refractivity contribution in [2.45, 2.75) is 12.6 Å². The van der Waals surface area contributed by atoms with E-state index in [2.05, 4.69) is 25.9 Å². The summed E-state index contributed by atoms with van der Waals surface area (Å²) in [4.78, 5) is 20.1. The molecular weight excluding hydrogens is 461 g/mol. The number of aromatic nitrogens is 3. The molecule has 0 atom stereocenters. The van der Waals surface area contributed by atoms with E-state index in [1.807, 2.05) is 24.3 Å². The minimum atomic E-state index is -4.55. The Labute approximate surface area is 177 Å². The van der Waals surface area contributed by atoms with Crippen LogP contribution in [0.3, 0.4) is 0 Å². The van der Waals surface area contributed by atoms with Gasteiger partial charge in [-0.3, -0.25) is 14.3 Å². The fourth-order valence-electron chi connectivity index (χ4n) is 3.23. The van der Waals surface area contributed by atoms with Crippen LogP contribution in [0.25, 0.3) is 16.7 Å². The second-order valence-electron chi connectivity index (χ2n) is 6.66. The summed E-state index contributed by atoms with van der Waals surface area (Å²) < 4.78 is 41.4. The number of pyridine rings is 1. The van der Waals surface area contributed by atoms with Crippen LogP contribution >= 0.6 is 15.9 Å². The highest BCUT2D eigenvalue weighted by Gasteiger charge is 2.32. The highest BCUT2D eigenvalue weighted by molar-refractivity contribution is 9.10. The van der Waals surface area contributed by atoms with Crippen molar-refractivity contribution < 1.29 is 18.0 Å². The van der Waals surface area contributed by atoms with Crippen LogP contribution in [-0.2, 0) is 12.6 Å². The molecule has 0 aliphatic carbocycles. The van der Waals surface area contributed by atoms with Crippen molar-refractivity contribution in [1.82, 2.24) is 14.5 Å². The van der Waals surface area contributed by atoms with Gasteiger partial charge in [0.25, 0.3) is 5.91 Å². The summed E-state index contributed by atoms with van der Waals surface area (Å²) in [5.74, 6) is -0.987. The summed E-state index contributed by atoms with van der Waals surface area (Å²) in [6, 6.07) is 12.8. The second kappa shape index (κ2) is 7.56. The van der Waals surface area contributed by atoms with Crippen LogP contribution in [0.5, 0.6) is 0 Å². The first kappa shape index (κ1) is 20.1. The topological polar surface area (TPSA) is 73.8 Å². The molecule has 1 amide bonds. The number of carbonyl (C=O) groups is 1. The minimum absolute atomic E-state index is 0.128. The minimum Gasteiger partial charge on any atom is -0.363 e. The van der Waals surface area contributed by atoms with Crippen molar-refractivity contribution in [2.24, 2.45) is 5.73 Å². The van der Waals surface area contributed by atoms with Crippen LogP contribution < -0.4 is 5.73 Å². The van der Waals surface area contributed by atoms with Gasteiger partial charge in [0.1, 0.15) is 5.52 Å². The van der Waals surface area contributed by atoms with E-state index in [-0.39, 0.29) is 21.3 Å². The molecule has 2 aromatic carbocycles. The molecule has 0 unspecified atom stereocenters. The zero-order valence-electron chi connectivity index (χ0n) is 15.3. The van der Waals surface area contributed by atoms with Gasteiger partial charge < -0.3 is 5.73 Å². The Kier molecular flexibility index (Phi) is 5.07. The number of nitrogens with two attached hydrogens (primary N) is 1. The van der Waals surface area contributed by atoms with Gasteiger partial charge in [0, 0.05) is 22.6 Å². The molecule has 4 rings (SSSR count). The summed E-state index contributed by atoms with van der Waals surface area (Å²) in [5, 5.41) is 0. The molecule has 5 nitrogen and oxygen atoms in total. The van der Waals surface area contributed by atoms with E-state index in [4.69, 9.17) is 5.73 Å². The molecule has 0 spiro atoms. The lowest BCUT2D eigenvalue weighted by molar-refractivity contribution is -0.137. The molecule has 30 heavy (non-hydrogen) atoms. The third-order valence-electron chi connectivity index (χ3n) is 4.61. The molecule has 9 heteroatoms. The Balaban J connectivity index is 1.83. The normalized spacial score (nSPS) is 11.7. The number of amides is 1. The van der Waals surface area contributed by atoms with E-state index in [9.17, 15) is 18.0 Å². The number of fused-ring (bicyclic) bond motifs is 1. The molecule has 4 aromatic rings. The fraction of sp³-hybridized carbons (Fsp3) is 0.0952. The molecule has 0 aliphatic heterocycles. The Hall–Kier alpha value is -3.20. The molecular formula is C21H14BrF3N4O. The summed E-state index contributed by atoms with van der Waals surface area (Å²) in [6.45, 7) is 0. The van der Waals surface area contributed by atoms with Gasteiger partial charge in [0.15, 0.2) is 0 Å². The number of benzene rings is 2. The zero-order chi connectivity index (χ0) is 21.5. The molecule has 0 radical (unpaired) electrons. The Morgan fingerprint density at radius 3 is 2.27 bits per heavy atom. The quantitative estimate of drug-likeness (QED) is 0.457. The van der Waals surface area contributed by atoms with Gasteiger partial charge >= 0.3 is 6.18 Å². The molecule has 0 saturated carbocycles. The average molecular weight is 475 g/mol. The first-order valence-corrected chi connectivity index (χ1v) is 9.60. The van der Waals surface area contributed by atoms with E-state index in [1.165, 1.54) is 4.57 Å². The summed E-state index contributed by atoms with van der Waals surface area (Å²) in [6.07, 6.45) is -0.472. The van der Waals surface area contributed by atoms with E-state index in [1.54, 1.807) is 24.5 Å². The third kappa shape index (κ3) is 3.80. The van der Waals surface area contributed by atoms with Crippen LogP contribution in [0.15, 0.2) is 65.4 Å². The van der Waals surface area contributed by atoms with Gasteiger partial charge in [-0.25, -0.2) is 4.98 Å². The lowest BCUT2D eigenvalue weighted by Gasteiger charge is -2.11. The number of imidazole rings is 1.